The zero-order valence-corrected chi connectivity index (χ0v) is 17.3. The van der Waals surface area contributed by atoms with E-state index < -0.39 is 23.5 Å². The molecule has 0 heterocycles. The van der Waals surface area contributed by atoms with Gasteiger partial charge in [-0.05, 0) is 27.8 Å². The van der Waals surface area contributed by atoms with Crippen LogP contribution < -0.4 is 5.32 Å². The van der Waals surface area contributed by atoms with E-state index in [1.54, 1.807) is 6.92 Å². The number of azide groups is 1. The second kappa shape index (κ2) is 9.51. The highest BCUT2D eigenvalue weighted by molar-refractivity contribution is 5.81. The molecule has 0 spiro atoms. The van der Waals surface area contributed by atoms with Gasteiger partial charge < -0.3 is 19.9 Å². The van der Waals surface area contributed by atoms with Gasteiger partial charge in [0.15, 0.2) is 0 Å². The van der Waals surface area contributed by atoms with Gasteiger partial charge in [-0.25, -0.2) is 9.59 Å². The molecule has 0 saturated carbocycles. The Morgan fingerprint density at radius 2 is 1.77 bits per heavy atom. The van der Waals surface area contributed by atoms with Crippen molar-refractivity contribution in [2.24, 2.45) is 10.5 Å². The molecule has 1 aliphatic rings. The lowest BCUT2D eigenvalue weighted by molar-refractivity contribution is -0.143. The van der Waals surface area contributed by atoms with Gasteiger partial charge in [-0.2, -0.15) is 0 Å². The molecule has 2 atom stereocenters. The van der Waals surface area contributed by atoms with Crippen LogP contribution in [0.3, 0.4) is 0 Å². The van der Waals surface area contributed by atoms with E-state index in [9.17, 15) is 14.7 Å². The van der Waals surface area contributed by atoms with Crippen molar-refractivity contribution in [2.45, 2.75) is 18.9 Å². The number of aliphatic carboxylic acids is 1. The molecule has 0 fully saturated rings. The highest BCUT2D eigenvalue weighted by Gasteiger charge is 2.41. The average Bonchev–Trinajstić information content (AvgIpc) is 3.08. The summed E-state index contributed by atoms with van der Waals surface area (Å²) in [6.45, 7) is 1.42. The Balaban J connectivity index is 1.74. The van der Waals surface area contributed by atoms with E-state index in [2.05, 4.69) is 15.3 Å². The largest absolute Gasteiger partial charge is 0.480 e. The van der Waals surface area contributed by atoms with Crippen molar-refractivity contribution in [3.63, 3.8) is 0 Å². The molecule has 2 aromatic rings. The summed E-state index contributed by atoms with van der Waals surface area (Å²) in [6.07, 6.45) is -0.863. The predicted octanol–water partition coefficient (Wildman–Crippen LogP) is 3.94. The zero-order chi connectivity index (χ0) is 22.4. The van der Waals surface area contributed by atoms with Crippen LogP contribution >= 0.6 is 0 Å². The molecule has 162 valence electrons. The Morgan fingerprint density at radius 3 is 2.29 bits per heavy atom. The van der Waals surface area contributed by atoms with E-state index in [0.29, 0.717) is 0 Å². The lowest BCUT2D eigenvalue weighted by Crippen LogP contribution is -2.54. The lowest BCUT2D eigenvalue weighted by atomic mass is 9.83. The third kappa shape index (κ3) is 4.63. The summed E-state index contributed by atoms with van der Waals surface area (Å²) in [6, 6.07) is 14.5. The van der Waals surface area contributed by atoms with Gasteiger partial charge in [-0.1, -0.05) is 60.6 Å². The summed E-state index contributed by atoms with van der Waals surface area (Å²) in [5.41, 5.74) is 11.8. The van der Waals surface area contributed by atoms with Crippen LogP contribution in [0.4, 0.5) is 4.79 Å². The molecule has 31 heavy (non-hydrogen) atoms. The third-order valence-electron chi connectivity index (χ3n) is 5.52. The van der Waals surface area contributed by atoms with E-state index >= 15 is 0 Å². The number of nitrogens with zero attached hydrogens (tertiary/aromatic N) is 3. The second-order valence-corrected chi connectivity index (χ2v) is 7.72. The van der Waals surface area contributed by atoms with Gasteiger partial charge in [0.25, 0.3) is 0 Å². The Hall–Kier alpha value is -3.55. The van der Waals surface area contributed by atoms with Crippen molar-refractivity contribution in [2.75, 3.05) is 26.9 Å². The minimum absolute atomic E-state index is 0.0351. The van der Waals surface area contributed by atoms with Crippen LogP contribution in [-0.2, 0) is 14.3 Å². The van der Waals surface area contributed by atoms with E-state index in [1.807, 2.05) is 48.5 Å². The Labute approximate surface area is 179 Å². The summed E-state index contributed by atoms with van der Waals surface area (Å²) >= 11 is 0. The van der Waals surface area contributed by atoms with Crippen molar-refractivity contribution in [1.82, 2.24) is 5.32 Å². The topological polar surface area (TPSA) is 134 Å². The van der Waals surface area contributed by atoms with Crippen molar-refractivity contribution >= 4 is 12.1 Å². The molecule has 1 aliphatic carbocycles. The molecule has 3 rings (SSSR count). The maximum atomic E-state index is 12.5. The van der Waals surface area contributed by atoms with E-state index in [-0.39, 0.29) is 25.7 Å². The van der Waals surface area contributed by atoms with Gasteiger partial charge in [-0.15, -0.1) is 0 Å². The van der Waals surface area contributed by atoms with Crippen molar-refractivity contribution < 1.29 is 24.2 Å². The number of carbonyl (C=O) groups excluding carboxylic acids is 1. The molecular formula is C22H24N4O5. The van der Waals surface area contributed by atoms with Gasteiger partial charge >= 0.3 is 12.1 Å². The van der Waals surface area contributed by atoms with Crippen LogP contribution in [0.25, 0.3) is 21.6 Å². The van der Waals surface area contributed by atoms with Crippen molar-refractivity contribution in [3.8, 4) is 11.1 Å². The summed E-state index contributed by atoms with van der Waals surface area (Å²) < 4.78 is 10.5. The minimum Gasteiger partial charge on any atom is -0.480 e. The quantitative estimate of drug-likeness (QED) is 0.357. The van der Waals surface area contributed by atoms with Crippen LogP contribution in [0.5, 0.6) is 0 Å². The first kappa shape index (κ1) is 22.1. The average molecular weight is 424 g/mol. The number of methoxy groups -OCH3 is 1. The first-order chi connectivity index (χ1) is 14.9. The maximum absolute atomic E-state index is 12.5. The zero-order valence-electron chi connectivity index (χ0n) is 17.3. The summed E-state index contributed by atoms with van der Waals surface area (Å²) in [7, 11) is 1.40. The number of fused-ring (bicyclic) bond motifs is 3. The summed E-state index contributed by atoms with van der Waals surface area (Å²) in [5, 5.41) is 15.5. The Bertz CT molecular complexity index is 975. The summed E-state index contributed by atoms with van der Waals surface area (Å²) in [4.78, 5) is 27.1. The first-order valence-electron chi connectivity index (χ1n) is 9.75. The summed E-state index contributed by atoms with van der Waals surface area (Å²) in [5.74, 6) is -1.42. The van der Waals surface area contributed by atoms with E-state index in [4.69, 9.17) is 15.0 Å². The molecule has 1 amide bonds. The highest BCUT2D eigenvalue weighted by Crippen LogP contribution is 2.44. The van der Waals surface area contributed by atoms with Crippen molar-refractivity contribution in [3.05, 3.63) is 70.1 Å². The van der Waals surface area contributed by atoms with Gasteiger partial charge in [0.05, 0.1) is 6.61 Å². The molecule has 0 radical (unpaired) electrons. The fourth-order valence-corrected chi connectivity index (χ4v) is 4.04. The molecule has 2 aromatic carbocycles. The normalized spacial score (nSPS) is 15.0. The van der Waals surface area contributed by atoms with Crippen molar-refractivity contribution in [1.29, 1.82) is 0 Å². The number of amides is 1. The van der Waals surface area contributed by atoms with Crippen LogP contribution in [-0.4, -0.2) is 50.1 Å². The Morgan fingerprint density at radius 1 is 1.19 bits per heavy atom. The fraction of sp³-hybridized carbons (Fsp3) is 0.364. The highest BCUT2D eigenvalue weighted by atomic mass is 16.5. The Kier molecular flexibility index (Phi) is 6.79. The molecule has 0 aromatic heterocycles. The van der Waals surface area contributed by atoms with Crippen LogP contribution in [0.2, 0.25) is 0 Å². The number of carbonyl (C=O) groups is 2. The number of carboxylic acids is 1. The SMILES string of the molecule is COC[C@@](C)(CN=[N+]=[N-])[C@@H](NC(=O)OCC1c2ccccc2-c2ccccc21)C(=O)O. The van der Waals surface area contributed by atoms with E-state index in [1.165, 1.54) is 7.11 Å². The van der Waals surface area contributed by atoms with Gasteiger partial charge in [0.1, 0.15) is 12.6 Å². The molecule has 0 bridgehead atoms. The molecule has 0 saturated heterocycles. The number of hydrogen-bond acceptors (Lipinski definition) is 5. The molecule has 0 aliphatic heterocycles. The number of hydrogen-bond donors (Lipinski definition) is 2. The minimum atomic E-state index is -1.37. The number of rotatable bonds is 9. The number of ether oxygens (including phenoxy) is 2. The predicted molar refractivity (Wildman–Crippen MR) is 114 cm³/mol. The van der Waals surface area contributed by atoms with Crippen LogP contribution in [0.1, 0.15) is 24.0 Å². The molecule has 9 heteroatoms. The third-order valence-corrected chi connectivity index (χ3v) is 5.52. The number of nitrogens with one attached hydrogen (secondary N) is 1. The number of benzene rings is 2. The van der Waals surface area contributed by atoms with Crippen LogP contribution in [0.15, 0.2) is 53.6 Å². The number of alkyl carbamates (subject to hydrolysis) is 1. The standard InChI is InChI=1S/C22H24N4O5/c1-22(13-30-2,12-24-26-23)19(20(27)28)25-21(29)31-11-18-16-9-5-3-7-14(16)15-8-4-6-10-17(15)18/h3-10,18-19H,11-13H2,1-2H3,(H,25,29)(H,27,28)/t19-,22+/m0/s1. The smallest absolute Gasteiger partial charge is 0.407 e. The van der Waals surface area contributed by atoms with Gasteiger partial charge in [0, 0.05) is 29.9 Å². The molecule has 0 unspecified atom stereocenters. The second-order valence-electron chi connectivity index (χ2n) is 7.72. The van der Waals surface area contributed by atoms with Gasteiger partial charge in [0.2, 0.25) is 0 Å². The van der Waals surface area contributed by atoms with Gasteiger partial charge in [-0.3, -0.25) is 0 Å². The fourth-order valence-electron chi connectivity index (χ4n) is 4.04. The maximum Gasteiger partial charge on any atom is 0.407 e. The molecular weight excluding hydrogens is 400 g/mol. The number of carboxylic acid groups (broad SMARTS) is 1. The monoisotopic (exact) mass is 424 g/mol. The molecule has 9 nitrogen and oxygen atoms in total. The first-order valence-corrected chi connectivity index (χ1v) is 9.75. The van der Waals surface area contributed by atoms with E-state index in [0.717, 1.165) is 22.3 Å². The molecule has 2 N–H and O–H groups in total. The van der Waals surface area contributed by atoms with Crippen LogP contribution in [0, 0.1) is 5.41 Å². The lowest BCUT2D eigenvalue weighted by Gasteiger charge is -2.33.